The van der Waals surface area contributed by atoms with E-state index in [0.29, 0.717) is 24.9 Å². The molecular weight excluding hydrogens is 324 g/mol. The average Bonchev–Trinajstić information content (AvgIpc) is 2.86. The van der Waals surface area contributed by atoms with Crippen molar-refractivity contribution in [3.8, 4) is 0 Å². The second-order valence-corrected chi connectivity index (χ2v) is 7.76. The van der Waals surface area contributed by atoms with Gasteiger partial charge in [0.25, 0.3) is 0 Å². The SMILES string of the molecule is Cc1ccnn1CCC(=O)N1CC2CCC(C1)N(Cc1ccccc1)C2. The van der Waals surface area contributed by atoms with Crippen LogP contribution in [0.1, 0.15) is 30.5 Å². The fourth-order valence-electron chi connectivity index (χ4n) is 4.39. The van der Waals surface area contributed by atoms with Gasteiger partial charge < -0.3 is 4.90 Å². The number of hydrogen-bond donors (Lipinski definition) is 0. The Balaban J connectivity index is 1.38. The summed E-state index contributed by atoms with van der Waals surface area (Å²) in [7, 11) is 0. The zero-order valence-electron chi connectivity index (χ0n) is 15.6. The van der Waals surface area contributed by atoms with E-state index < -0.39 is 0 Å². The summed E-state index contributed by atoms with van der Waals surface area (Å²) in [5.41, 5.74) is 2.48. The number of carbonyl (C=O) groups is 1. The standard InChI is InChI=1S/C21H28N4O/c1-17-9-11-22-25(17)12-10-21(26)24-15-19-7-8-20(16-24)23(14-19)13-18-5-3-2-4-6-18/h2-6,9,11,19-20H,7-8,10,12-16H2,1H3. The van der Waals surface area contributed by atoms with Crippen molar-refractivity contribution in [2.75, 3.05) is 19.6 Å². The molecule has 3 aliphatic rings. The molecule has 1 amide bonds. The Morgan fingerprint density at radius 2 is 1.96 bits per heavy atom. The third-order valence-electron chi connectivity index (χ3n) is 5.87. The number of amides is 1. The van der Waals surface area contributed by atoms with Crippen molar-refractivity contribution in [1.82, 2.24) is 19.6 Å². The molecule has 26 heavy (non-hydrogen) atoms. The number of hydrogen-bond acceptors (Lipinski definition) is 3. The smallest absolute Gasteiger partial charge is 0.224 e. The number of aryl methyl sites for hydroxylation is 2. The lowest BCUT2D eigenvalue weighted by atomic mass is 9.94. The molecule has 0 N–H and O–H groups in total. The van der Waals surface area contributed by atoms with E-state index in [1.54, 1.807) is 6.20 Å². The third kappa shape index (κ3) is 3.83. The Morgan fingerprint density at radius 3 is 2.73 bits per heavy atom. The molecule has 0 aliphatic carbocycles. The van der Waals surface area contributed by atoms with E-state index >= 15 is 0 Å². The van der Waals surface area contributed by atoms with Crippen LogP contribution in [-0.4, -0.2) is 51.2 Å². The highest BCUT2D eigenvalue weighted by atomic mass is 16.2. The highest BCUT2D eigenvalue weighted by molar-refractivity contribution is 5.76. The van der Waals surface area contributed by atoms with Crippen LogP contribution in [0.15, 0.2) is 42.6 Å². The first-order valence-electron chi connectivity index (χ1n) is 9.73. The number of rotatable bonds is 5. The van der Waals surface area contributed by atoms with Gasteiger partial charge in [-0.05, 0) is 37.3 Å². The van der Waals surface area contributed by atoms with E-state index in [0.717, 1.165) is 31.9 Å². The van der Waals surface area contributed by atoms with Crippen LogP contribution in [0.2, 0.25) is 0 Å². The van der Waals surface area contributed by atoms with Gasteiger partial charge in [0.15, 0.2) is 0 Å². The minimum atomic E-state index is 0.276. The summed E-state index contributed by atoms with van der Waals surface area (Å²) in [4.78, 5) is 17.5. The Labute approximate surface area is 155 Å². The minimum Gasteiger partial charge on any atom is -0.341 e. The van der Waals surface area contributed by atoms with Gasteiger partial charge in [-0.3, -0.25) is 14.4 Å². The van der Waals surface area contributed by atoms with Crippen molar-refractivity contribution in [1.29, 1.82) is 0 Å². The fraction of sp³-hybridized carbons (Fsp3) is 0.524. The van der Waals surface area contributed by atoms with Gasteiger partial charge in [0.05, 0.1) is 0 Å². The highest BCUT2D eigenvalue weighted by Crippen LogP contribution is 2.29. The van der Waals surface area contributed by atoms with Gasteiger partial charge in [-0.15, -0.1) is 0 Å². The van der Waals surface area contributed by atoms with E-state index in [-0.39, 0.29) is 5.91 Å². The molecule has 5 rings (SSSR count). The molecule has 5 heteroatoms. The zero-order chi connectivity index (χ0) is 17.9. The maximum Gasteiger partial charge on any atom is 0.224 e. The number of nitrogens with zero attached hydrogens (tertiary/aromatic N) is 4. The van der Waals surface area contributed by atoms with Crippen molar-refractivity contribution in [2.45, 2.75) is 45.3 Å². The summed E-state index contributed by atoms with van der Waals surface area (Å²) in [5.74, 6) is 0.881. The van der Waals surface area contributed by atoms with Crippen LogP contribution < -0.4 is 0 Å². The molecular formula is C21H28N4O. The van der Waals surface area contributed by atoms with E-state index in [9.17, 15) is 4.79 Å². The highest BCUT2D eigenvalue weighted by Gasteiger charge is 2.36. The maximum absolute atomic E-state index is 12.8. The van der Waals surface area contributed by atoms with Crippen LogP contribution in [0, 0.1) is 12.8 Å². The van der Waals surface area contributed by atoms with Crippen LogP contribution in [0.4, 0.5) is 0 Å². The van der Waals surface area contributed by atoms with Crippen LogP contribution >= 0.6 is 0 Å². The summed E-state index contributed by atoms with van der Waals surface area (Å²) >= 11 is 0. The van der Waals surface area contributed by atoms with Gasteiger partial charge in [0.1, 0.15) is 0 Å². The number of benzene rings is 1. The molecule has 0 saturated carbocycles. The molecule has 3 fully saturated rings. The Kier molecular flexibility index (Phi) is 5.07. The molecule has 2 bridgehead atoms. The van der Waals surface area contributed by atoms with Gasteiger partial charge in [0, 0.05) is 57.1 Å². The summed E-state index contributed by atoms with van der Waals surface area (Å²) in [6.45, 7) is 6.61. The van der Waals surface area contributed by atoms with Crippen molar-refractivity contribution >= 4 is 5.91 Å². The molecule has 5 nitrogen and oxygen atoms in total. The lowest BCUT2D eigenvalue weighted by Crippen LogP contribution is -2.44. The number of carbonyl (C=O) groups excluding carboxylic acids is 1. The molecule has 4 heterocycles. The van der Waals surface area contributed by atoms with Crippen molar-refractivity contribution < 1.29 is 4.79 Å². The molecule has 3 aliphatic heterocycles. The molecule has 3 saturated heterocycles. The maximum atomic E-state index is 12.8. The predicted octanol–water partition coefficient (Wildman–Crippen LogP) is 2.70. The van der Waals surface area contributed by atoms with Gasteiger partial charge >= 0.3 is 0 Å². The van der Waals surface area contributed by atoms with Gasteiger partial charge in [-0.1, -0.05) is 30.3 Å². The Bertz CT molecular complexity index is 741. The lowest BCUT2D eigenvalue weighted by molar-refractivity contribution is -0.131. The zero-order valence-corrected chi connectivity index (χ0v) is 15.6. The molecule has 2 atom stereocenters. The molecule has 1 aromatic heterocycles. The molecule has 0 spiro atoms. The second-order valence-electron chi connectivity index (χ2n) is 7.76. The largest absolute Gasteiger partial charge is 0.341 e. The normalized spacial score (nSPS) is 23.2. The average molecular weight is 352 g/mol. The number of aromatic nitrogens is 2. The number of piperidine rings is 1. The molecule has 2 unspecified atom stereocenters. The first-order chi connectivity index (χ1) is 12.7. The molecule has 138 valence electrons. The van der Waals surface area contributed by atoms with Crippen LogP contribution in [-0.2, 0) is 17.9 Å². The predicted molar refractivity (Wildman–Crippen MR) is 102 cm³/mol. The van der Waals surface area contributed by atoms with E-state index in [1.807, 2.05) is 17.7 Å². The first-order valence-corrected chi connectivity index (χ1v) is 9.73. The fourth-order valence-corrected chi connectivity index (χ4v) is 4.39. The summed E-state index contributed by atoms with van der Waals surface area (Å²) in [5, 5.41) is 4.29. The van der Waals surface area contributed by atoms with E-state index in [4.69, 9.17) is 0 Å². The van der Waals surface area contributed by atoms with E-state index in [2.05, 4.69) is 45.2 Å². The van der Waals surface area contributed by atoms with E-state index in [1.165, 1.54) is 18.4 Å². The molecule has 2 aromatic rings. The van der Waals surface area contributed by atoms with Crippen LogP contribution in [0.25, 0.3) is 0 Å². The third-order valence-corrected chi connectivity index (χ3v) is 5.87. The second kappa shape index (κ2) is 7.62. The summed E-state index contributed by atoms with van der Waals surface area (Å²) in [6, 6.07) is 13.2. The monoisotopic (exact) mass is 352 g/mol. The van der Waals surface area contributed by atoms with Gasteiger partial charge in [-0.2, -0.15) is 5.10 Å². The minimum absolute atomic E-state index is 0.276. The summed E-state index contributed by atoms with van der Waals surface area (Å²) < 4.78 is 1.92. The quantitative estimate of drug-likeness (QED) is 0.831. The van der Waals surface area contributed by atoms with Crippen molar-refractivity contribution in [3.63, 3.8) is 0 Å². The molecule has 0 radical (unpaired) electrons. The molecule has 1 aromatic carbocycles. The Hall–Kier alpha value is -2.14. The first kappa shape index (κ1) is 17.3. The van der Waals surface area contributed by atoms with Crippen molar-refractivity contribution in [3.05, 3.63) is 53.9 Å². The van der Waals surface area contributed by atoms with Crippen LogP contribution in [0.3, 0.4) is 0 Å². The van der Waals surface area contributed by atoms with Gasteiger partial charge in [0.2, 0.25) is 5.91 Å². The lowest BCUT2D eigenvalue weighted by Gasteiger charge is -2.36. The Morgan fingerprint density at radius 1 is 1.12 bits per heavy atom. The van der Waals surface area contributed by atoms with Crippen molar-refractivity contribution in [2.24, 2.45) is 5.92 Å². The topological polar surface area (TPSA) is 41.4 Å². The van der Waals surface area contributed by atoms with Gasteiger partial charge in [-0.25, -0.2) is 0 Å². The summed E-state index contributed by atoms with van der Waals surface area (Å²) in [6.07, 6.45) is 4.80. The van der Waals surface area contributed by atoms with Crippen LogP contribution in [0.5, 0.6) is 0 Å². The number of fused-ring (bicyclic) bond motifs is 4.